The molecule has 0 bridgehead atoms. The lowest BCUT2D eigenvalue weighted by atomic mass is 10.1. The number of ketones is 1. The quantitative estimate of drug-likeness (QED) is 0.605. The lowest BCUT2D eigenvalue weighted by molar-refractivity contribution is 0.101. The Hall–Kier alpha value is -1.93. The van der Waals surface area contributed by atoms with Crippen LogP contribution in [0.2, 0.25) is 0 Å². The van der Waals surface area contributed by atoms with Gasteiger partial charge in [-0.15, -0.1) is 5.10 Å². The number of methoxy groups -OCH3 is 1. The Morgan fingerprint density at radius 2 is 2.29 bits per heavy atom. The van der Waals surface area contributed by atoms with E-state index in [2.05, 4.69) is 15.5 Å². The van der Waals surface area contributed by atoms with Gasteiger partial charge in [0.15, 0.2) is 5.78 Å². The SMILES string of the molecule is COc1ccc(C(C)=O)cc1CSc1nnnn1CCN. The van der Waals surface area contributed by atoms with Gasteiger partial charge in [-0.05, 0) is 35.5 Å². The van der Waals surface area contributed by atoms with E-state index in [1.807, 2.05) is 6.07 Å². The van der Waals surface area contributed by atoms with Crippen molar-refractivity contribution in [2.75, 3.05) is 13.7 Å². The number of hydrogen-bond acceptors (Lipinski definition) is 7. The number of tetrazole rings is 1. The number of ether oxygens (including phenoxy) is 1. The molecule has 2 rings (SSSR count). The van der Waals surface area contributed by atoms with Crippen molar-refractivity contribution in [3.63, 3.8) is 0 Å². The molecule has 7 nitrogen and oxygen atoms in total. The molecule has 0 spiro atoms. The summed E-state index contributed by atoms with van der Waals surface area (Å²) >= 11 is 1.48. The molecule has 0 atom stereocenters. The van der Waals surface area contributed by atoms with Gasteiger partial charge in [0.25, 0.3) is 0 Å². The predicted molar refractivity (Wildman–Crippen MR) is 79.4 cm³/mol. The summed E-state index contributed by atoms with van der Waals surface area (Å²) in [6, 6.07) is 5.40. The molecule has 1 aromatic carbocycles. The Morgan fingerprint density at radius 3 is 2.95 bits per heavy atom. The molecule has 8 heteroatoms. The molecule has 0 fully saturated rings. The van der Waals surface area contributed by atoms with Gasteiger partial charge in [0.1, 0.15) is 5.75 Å². The van der Waals surface area contributed by atoms with Crippen LogP contribution in [0.1, 0.15) is 22.8 Å². The van der Waals surface area contributed by atoms with Gasteiger partial charge in [-0.3, -0.25) is 4.79 Å². The van der Waals surface area contributed by atoms with E-state index in [0.29, 0.717) is 29.6 Å². The molecule has 0 saturated heterocycles. The highest BCUT2D eigenvalue weighted by atomic mass is 32.2. The van der Waals surface area contributed by atoms with Crippen molar-refractivity contribution in [1.29, 1.82) is 0 Å². The van der Waals surface area contributed by atoms with Crippen molar-refractivity contribution in [2.24, 2.45) is 5.73 Å². The van der Waals surface area contributed by atoms with Crippen molar-refractivity contribution in [1.82, 2.24) is 20.2 Å². The molecule has 0 radical (unpaired) electrons. The highest BCUT2D eigenvalue weighted by molar-refractivity contribution is 7.98. The molecule has 0 amide bonds. The highest BCUT2D eigenvalue weighted by Gasteiger charge is 2.11. The van der Waals surface area contributed by atoms with E-state index in [1.54, 1.807) is 30.8 Å². The molecule has 0 aliphatic rings. The first-order valence-corrected chi connectivity index (χ1v) is 7.41. The molecule has 1 heterocycles. The largest absolute Gasteiger partial charge is 0.496 e. The minimum Gasteiger partial charge on any atom is -0.496 e. The summed E-state index contributed by atoms with van der Waals surface area (Å²) in [6.07, 6.45) is 0. The molecule has 1 aromatic heterocycles. The third-order valence-corrected chi connectivity index (χ3v) is 3.89. The van der Waals surface area contributed by atoms with Crippen LogP contribution in [0.15, 0.2) is 23.4 Å². The summed E-state index contributed by atoms with van der Waals surface area (Å²) in [4.78, 5) is 11.5. The van der Waals surface area contributed by atoms with Crippen LogP contribution < -0.4 is 10.5 Å². The van der Waals surface area contributed by atoms with Crippen LogP contribution in [0, 0.1) is 0 Å². The summed E-state index contributed by atoms with van der Waals surface area (Å²) in [6.45, 7) is 2.59. The van der Waals surface area contributed by atoms with Gasteiger partial charge in [0, 0.05) is 23.4 Å². The maximum Gasteiger partial charge on any atom is 0.209 e. The molecule has 0 aliphatic carbocycles. The van der Waals surface area contributed by atoms with E-state index in [0.717, 1.165) is 11.3 Å². The van der Waals surface area contributed by atoms with Gasteiger partial charge in [0.2, 0.25) is 5.16 Å². The molecule has 0 unspecified atom stereocenters. The van der Waals surface area contributed by atoms with Gasteiger partial charge in [-0.2, -0.15) is 0 Å². The lowest BCUT2D eigenvalue weighted by Crippen LogP contribution is -2.12. The second kappa shape index (κ2) is 7.19. The number of carbonyl (C=O) groups excluding carboxylic acids is 1. The molecule has 112 valence electrons. The fourth-order valence-electron chi connectivity index (χ4n) is 1.82. The van der Waals surface area contributed by atoms with Gasteiger partial charge in [-0.1, -0.05) is 11.8 Å². The molecule has 0 aliphatic heterocycles. The highest BCUT2D eigenvalue weighted by Crippen LogP contribution is 2.27. The van der Waals surface area contributed by atoms with Crippen molar-refractivity contribution in [2.45, 2.75) is 24.4 Å². The first-order chi connectivity index (χ1) is 10.2. The monoisotopic (exact) mass is 307 g/mol. The van der Waals surface area contributed by atoms with Crippen molar-refractivity contribution in [3.05, 3.63) is 29.3 Å². The van der Waals surface area contributed by atoms with Crippen LogP contribution in [0.5, 0.6) is 5.75 Å². The van der Waals surface area contributed by atoms with Crippen LogP contribution in [0.3, 0.4) is 0 Å². The van der Waals surface area contributed by atoms with Crippen molar-refractivity contribution >= 4 is 17.5 Å². The summed E-state index contributed by atoms with van der Waals surface area (Å²) in [5.41, 5.74) is 7.10. The van der Waals surface area contributed by atoms with Crippen LogP contribution in [-0.2, 0) is 12.3 Å². The van der Waals surface area contributed by atoms with E-state index in [1.165, 1.54) is 11.8 Å². The Kier molecular flexibility index (Phi) is 5.29. The Morgan fingerprint density at radius 1 is 1.48 bits per heavy atom. The number of aromatic nitrogens is 4. The van der Waals surface area contributed by atoms with E-state index < -0.39 is 0 Å². The second-order valence-electron chi connectivity index (χ2n) is 4.34. The van der Waals surface area contributed by atoms with Crippen molar-refractivity contribution < 1.29 is 9.53 Å². The summed E-state index contributed by atoms with van der Waals surface area (Å²) < 4.78 is 6.98. The average Bonchev–Trinajstić information content (AvgIpc) is 2.92. The molecule has 2 N–H and O–H groups in total. The fraction of sp³-hybridized carbons (Fsp3) is 0.385. The molecule has 21 heavy (non-hydrogen) atoms. The predicted octanol–water partition coefficient (Wildman–Crippen LogP) is 1.14. The zero-order chi connectivity index (χ0) is 15.2. The fourth-order valence-corrected chi connectivity index (χ4v) is 2.70. The van der Waals surface area contributed by atoms with Crippen LogP contribution >= 0.6 is 11.8 Å². The number of hydrogen-bond donors (Lipinski definition) is 1. The zero-order valence-corrected chi connectivity index (χ0v) is 12.8. The number of benzene rings is 1. The summed E-state index contributed by atoms with van der Waals surface area (Å²) in [7, 11) is 1.61. The topological polar surface area (TPSA) is 95.9 Å². The minimum absolute atomic E-state index is 0.0249. The number of nitrogens with zero attached hydrogens (tertiary/aromatic N) is 4. The third-order valence-electron chi connectivity index (χ3n) is 2.88. The normalized spacial score (nSPS) is 10.6. The van der Waals surface area contributed by atoms with Gasteiger partial charge in [-0.25, -0.2) is 4.68 Å². The maximum absolute atomic E-state index is 11.5. The lowest BCUT2D eigenvalue weighted by Gasteiger charge is -2.09. The van der Waals surface area contributed by atoms with Crippen LogP contribution in [-0.4, -0.2) is 39.6 Å². The molecule has 2 aromatic rings. The third kappa shape index (κ3) is 3.79. The van der Waals surface area contributed by atoms with E-state index in [-0.39, 0.29) is 5.78 Å². The van der Waals surface area contributed by atoms with E-state index in [4.69, 9.17) is 10.5 Å². The Bertz CT molecular complexity index is 629. The number of nitrogens with two attached hydrogens (primary N) is 1. The molecular formula is C13H17N5O2S. The first kappa shape index (κ1) is 15.5. The number of rotatable bonds is 7. The molecule has 0 saturated carbocycles. The van der Waals surface area contributed by atoms with Gasteiger partial charge < -0.3 is 10.5 Å². The van der Waals surface area contributed by atoms with E-state index >= 15 is 0 Å². The van der Waals surface area contributed by atoms with Crippen LogP contribution in [0.25, 0.3) is 0 Å². The summed E-state index contributed by atoms with van der Waals surface area (Å²) in [5, 5.41) is 12.2. The van der Waals surface area contributed by atoms with Crippen LogP contribution in [0.4, 0.5) is 0 Å². The first-order valence-electron chi connectivity index (χ1n) is 6.42. The Labute approximate surface area is 126 Å². The smallest absolute Gasteiger partial charge is 0.209 e. The van der Waals surface area contributed by atoms with Crippen molar-refractivity contribution in [3.8, 4) is 5.75 Å². The number of carbonyl (C=O) groups is 1. The Balaban J connectivity index is 2.16. The number of Topliss-reactive ketones (excluding diaryl/α,β-unsaturated/α-hetero) is 1. The van der Waals surface area contributed by atoms with Gasteiger partial charge in [0.05, 0.1) is 13.7 Å². The second-order valence-corrected chi connectivity index (χ2v) is 5.29. The maximum atomic E-state index is 11.5. The molecular weight excluding hydrogens is 290 g/mol. The standard InChI is InChI=1S/C13H17N5O2S/c1-9(19)10-3-4-12(20-2)11(7-10)8-21-13-15-16-17-18(13)6-5-14/h3-4,7H,5-6,8,14H2,1-2H3. The van der Waals surface area contributed by atoms with Gasteiger partial charge >= 0.3 is 0 Å². The summed E-state index contributed by atoms with van der Waals surface area (Å²) in [5.74, 6) is 1.37. The van der Waals surface area contributed by atoms with E-state index in [9.17, 15) is 4.79 Å². The minimum atomic E-state index is 0.0249. The zero-order valence-electron chi connectivity index (χ0n) is 11.9. The average molecular weight is 307 g/mol. The number of thioether (sulfide) groups is 1.